The van der Waals surface area contributed by atoms with E-state index in [2.05, 4.69) is 16.3 Å². The number of anilines is 2. The predicted molar refractivity (Wildman–Crippen MR) is 68.6 cm³/mol. The molecule has 0 spiro atoms. The highest BCUT2D eigenvalue weighted by molar-refractivity contribution is 5.77. The summed E-state index contributed by atoms with van der Waals surface area (Å²) in [7, 11) is 0. The number of aliphatic carboxylic acids is 1. The van der Waals surface area contributed by atoms with E-state index in [0.29, 0.717) is 0 Å². The van der Waals surface area contributed by atoms with Crippen molar-refractivity contribution in [2.75, 3.05) is 23.3 Å². The summed E-state index contributed by atoms with van der Waals surface area (Å²) in [6, 6.07) is 7.39. The van der Waals surface area contributed by atoms with E-state index in [9.17, 15) is 4.79 Å². The highest BCUT2D eigenvalue weighted by atomic mass is 16.4. The second-order valence-electron chi connectivity index (χ2n) is 4.45. The molecular formula is C13H18N2O2. The van der Waals surface area contributed by atoms with E-state index in [-0.39, 0.29) is 0 Å². The number of carboxylic acid groups (broad SMARTS) is 1. The van der Waals surface area contributed by atoms with E-state index in [1.807, 2.05) is 18.2 Å². The highest BCUT2D eigenvalue weighted by Crippen LogP contribution is 2.23. The second kappa shape index (κ2) is 5.08. The van der Waals surface area contributed by atoms with E-state index < -0.39 is 12.0 Å². The van der Waals surface area contributed by atoms with Crippen LogP contribution in [0, 0.1) is 0 Å². The van der Waals surface area contributed by atoms with Crippen LogP contribution in [-0.2, 0) is 4.79 Å². The Morgan fingerprint density at radius 2 is 2.12 bits per heavy atom. The van der Waals surface area contributed by atoms with Crippen LogP contribution in [0.25, 0.3) is 0 Å². The number of hydrogen-bond acceptors (Lipinski definition) is 3. The van der Waals surface area contributed by atoms with Crippen LogP contribution in [0.1, 0.15) is 19.8 Å². The molecule has 1 aliphatic heterocycles. The standard InChI is InChI=1S/C13H18N2O2/c1-10(13(16)17)14-11-5-4-6-12(9-11)15-7-2-3-8-15/h4-6,9-10,14H,2-3,7-8H2,1H3,(H,16,17). The number of rotatable bonds is 4. The average molecular weight is 234 g/mol. The molecule has 1 unspecified atom stereocenters. The molecule has 4 nitrogen and oxygen atoms in total. The fraction of sp³-hybridized carbons (Fsp3) is 0.462. The fourth-order valence-corrected chi connectivity index (χ4v) is 2.08. The van der Waals surface area contributed by atoms with Crippen LogP contribution in [-0.4, -0.2) is 30.2 Å². The van der Waals surface area contributed by atoms with Gasteiger partial charge in [-0.05, 0) is 38.0 Å². The number of nitrogens with zero attached hydrogens (tertiary/aromatic N) is 1. The van der Waals surface area contributed by atoms with Gasteiger partial charge in [0.15, 0.2) is 0 Å². The van der Waals surface area contributed by atoms with Crippen LogP contribution in [0.15, 0.2) is 24.3 Å². The molecule has 2 rings (SSSR count). The normalized spacial score (nSPS) is 16.9. The summed E-state index contributed by atoms with van der Waals surface area (Å²) in [6.07, 6.45) is 2.48. The van der Waals surface area contributed by atoms with Crippen LogP contribution in [0.3, 0.4) is 0 Å². The third-order valence-electron chi connectivity index (χ3n) is 3.07. The predicted octanol–water partition coefficient (Wildman–Crippen LogP) is 2.17. The lowest BCUT2D eigenvalue weighted by Gasteiger charge is -2.19. The van der Waals surface area contributed by atoms with Gasteiger partial charge in [-0.3, -0.25) is 4.79 Å². The van der Waals surface area contributed by atoms with Crippen molar-refractivity contribution in [1.82, 2.24) is 0 Å². The molecule has 0 amide bonds. The summed E-state index contributed by atoms with van der Waals surface area (Å²) in [4.78, 5) is 13.1. The number of carbonyl (C=O) groups is 1. The minimum absolute atomic E-state index is 0.566. The van der Waals surface area contributed by atoms with E-state index >= 15 is 0 Å². The van der Waals surface area contributed by atoms with Crippen molar-refractivity contribution in [3.8, 4) is 0 Å². The van der Waals surface area contributed by atoms with E-state index in [1.165, 1.54) is 18.5 Å². The average Bonchev–Trinajstić information content (AvgIpc) is 2.82. The maximum absolute atomic E-state index is 10.8. The molecule has 1 aliphatic rings. The van der Waals surface area contributed by atoms with Crippen molar-refractivity contribution in [1.29, 1.82) is 0 Å². The molecule has 17 heavy (non-hydrogen) atoms. The van der Waals surface area contributed by atoms with Gasteiger partial charge in [0.25, 0.3) is 0 Å². The van der Waals surface area contributed by atoms with Gasteiger partial charge in [-0.1, -0.05) is 6.07 Å². The summed E-state index contributed by atoms with van der Waals surface area (Å²) in [5.41, 5.74) is 2.04. The highest BCUT2D eigenvalue weighted by Gasteiger charge is 2.14. The lowest BCUT2D eigenvalue weighted by Crippen LogP contribution is -2.25. The molecule has 0 bridgehead atoms. The van der Waals surface area contributed by atoms with Gasteiger partial charge in [-0.25, -0.2) is 0 Å². The Kier molecular flexibility index (Phi) is 3.52. The van der Waals surface area contributed by atoms with Crippen LogP contribution in [0.4, 0.5) is 11.4 Å². The molecule has 1 atom stereocenters. The first-order valence-electron chi connectivity index (χ1n) is 6.01. The maximum Gasteiger partial charge on any atom is 0.325 e. The van der Waals surface area contributed by atoms with Gasteiger partial charge in [-0.15, -0.1) is 0 Å². The first kappa shape index (κ1) is 11.8. The molecule has 1 aromatic rings. The number of carboxylic acids is 1. The van der Waals surface area contributed by atoms with Crippen LogP contribution < -0.4 is 10.2 Å². The van der Waals surface area contributed by atoms with Crippen molar-refractivity contribution >= 4 is 17.3 Å². The number of hydrogen-bond donors (Lipinski definition) is 2. The van der Waals surface area contributed by atoms with Crippen molar-refractivity contribution in [3.05, 3.63) is 24.3 Å². The second-order valence-corrected chi connectivity index (χ2v) is 4.45. The molecular weight excluding hydrogens is 216 g/mol. The van der Waals surface area contributed by atoms with Crippen LogP contribution in [0.5, 0.6) is 0 Å². The Labute approximate surface area is 101 Å². The number of nitrogens with one attached hydrogen (secondary N) is 1. The molecule has 1 fully saturated rings. The fourth-order valence-electron chi connectivity index (χ4n) is 2.08. The van der Waals surface area contributed by atoms with Crippen LogP contribution in [0.2, 0.25) is 0 Å². The smallest absolute Gasteiger partial charge is 0.325 e. The van der Waals surface area contributed by atoms with E-state index in [1.54, 1.807) is 6.92 Å². The van der Waals surface area contributed by atoms with E-state index in [4.69, 9.17) is 5.11 Å². The molecule has 2 N–H and O–H groups in total. The Hall–Kier alpha value is -1.71. The number of benzene rings is 1. The summed E-state index contributed by atoms with van der Waals surface area (Å²) >= 11 is 0. The molecule has 1 saturated heterocycles. The molecule has 4 heteroatoms. The molecule has 0 aromatic heterocycles. The topological polar surface area (TPSA) is 52.6 Å². The summed E-state index contributed by atoms with van der Waals surface area (Å²) in [5.74, 6) is -0.837. The lowest BCUT2D eigenvalue weighted by molar-refractivity contribution is -0.137. The Morgan fingerprint density at radius 3 is 2.76 bits per heavy atom. The Morgan fingerprint density at radius 1 is 1.41 bits per heavy atom. The summed E-state index contributed by atoms with van der Waals surface area (Å²) in [5, 5.41) is 11.8. The van der Waals surface area contributed by atoms with Gasteiger partial charge >= 0.3 is 5.97 Å². The van der Waals surface area contributed by atoms with Crippen LogP contribution >= 0.6 is 0 Å². The van der Waals surface area contributed by atoms with Crippen molar-refractivity contribution < 1.29 is 9.90 Å². The first-order valence-corrected chi connectivity index (χ1v) is 6.01. The summed E-state index contributed by atoms with van der Waals surface area (Å²) < 4.78 is 0. The van der Waals surface area contributed by atoms with Crippen molar-refractivity contribution in [3.63, 3.8) is 0 Å². The largest absolute Gasteiger partial charge is 0.480 e. The third-order valence-corrected chi connectivity index (χ3v) is 3.07. The molecule has 0 radical (unpaired) electrons. The zero-order valence-corrected chi connectivity index (χ0v) is 10.0. The Bertz CT molecular complexity index is 400. The zero-order valence-electron chi connectivity index (χ0n) is 10.0. The minimum Gasteiger partial charge on any atom is -0.480 e. The lowest BCUT2D eigenvalue weighted by atomic mass is 10.2. The Balaban J connectivity index is 2.08. The van der Waals surface area contributed by atoms with Crippen molar-refractivity contribution in [2.24, 2.45) is 0 Å². The molecule has 1 heterocycles. The van der Waals surface area contributed by atoms with Crippen molar-refractivity contribution in [2.45, 2.75) is 25.8 Å². The minimum atomic E-state index is -0.837. The third kappa shape index (κ3) is 2.90. The quantitative estimate of drug-likeness (QED) is 0.838. The van der Waals surface area contributed by atoms with Gasteiger partial charge < -0.3 is 15.3 Å². The molecule has 1 aromatic carbocycles. The monoisotopic (exact) mass is 234 g/mol. The molecule has 0 saturated carbocycles. The maximum atomic E-state index is 10.8. The van der Waals surface area contributed by atoms with Gasteiger partial charge in [0.2, 0.25) is 0 Å². The van der Waals surface area contributed by atoms with Gasteiger partial charge in [0.05, 0.1) is 0 Å². The van der Waals surface area contributed by atoms with Gasteiger partial charge in [0, 0.05) is 24.5 Å². The van der Waals surface area contributed by atoms with Gasteiger partial charge in [-0.2, -0.15) is 0 Å². The zero-order chi connectivity index (χ0) is 12.3. The molecule has 92 valence electrons. The summed E-state index contributed by atoms with van der Waals surface area (Å²) in [6.45, 7) is 3.83. The molecule has 0 aliphatic carbocycles. The SMILES string of the molecule is CC(Nc1cccc(N2CCCC2)c1)C(=O)O. The van der Waals surface area contributed by atoms with Gasteiger partial charge in [0.1, 0.15) is 6.04 Å². The van der Waals surface area contributed by atoms with E-state index in [0.717, 1.165) is 18.8 Å². The first-order chi connectivity index (χ1) is 8.16.